The average molecular weight is 512 g/mol. The first-order chi connectivity index (χ1) is 16.3. The zero-order valence-electron chi connectivity index (χ0n) is 19.6. The minimum Gasteiger partial charge on any atom is -0.508 e. The molecule has 0 aliphatic carbocycles. The first-order valence-electron chi connectivity index (χ1n) is 10.9. The molecule has 4 atom stereocenters. The maximum atomic E-state index is 12.9. The van der Waals surface area contributed by atoms with Gasteiger partial charge >= 0.3 is 5.97 Å². The number of nitrogens with two attached hydrogens (primary N) is 2. The highest BCUT2D eigenvalue weighted by atomic mass is 32.1. The smallest absolute Gasteiger partial charge is 0.326 e. The van der Waals surface area contributed by atoms with Gasteiger partial charge < -0.3 is 37.6 Å². The molecule has 0 fully saturated rings. The maximum absolute atomic E-state index is 12.9. The number of hydrogen-bond acceptors (Lipinski definition) is 8. The first kappa shape index (κ1) is 29.7. The summed E-state index contributed by atoms with van der Waals surface area (Å²) < 4.78 is 0. The Bertz CT molecular complexity index is 910. The quantitative estimate of drug-likeness (QED) is 0.139. The van der Waals surface area contributed by atoms with Crippen molar-refractivity contribution < 1.29 is 34.2 Å². The number of aromatic hydroxyl groups is 1. The molecular weight excluding hydrogens is 478 g/mol. The van der Waals surface area contributed by atoms with Crippen molar-refractivity contribution in [3.63, 3.8) is 0 Å². The van der Waals surface area contributed by atoms with E-state index in [2.05, 4.69) is 28.6 Å². The molecule has 9 N–H and O–H groups in total. The molecule has 0 aliphatic heterocycles. The van der Waals surface area contributed by atoms with Gasteiger partial charge in [0.2, 0.25) is 23.6 Å². The molecule has 0 saturated heterocycles. The third kappa shape index (κ3) is 10.2. The van der Waals surface area contributed by atoms with E-state index in [-0.39, 0.29) is 30.8 Å². The molecule has 0 aliphatic rings. The fourth-order valence-corrected chi connectivity index (χ4v) is 3.28. The van der Waals surface area contributed by atoms with Crippen molar-refractivity contribution >= 4 is 42.2 Å². The van der Waals surface area contributed by atoms with Gasteiger partial charge in [0.25, 0.3) is 0 Å². The van der Waals surface area contributed by atoms with E-state index in [0.29, 0.717) is 5.56 Å². The number of benzene rings is 1. The van der Waals surface area contributed by atoms with Crippen LogP contribution in [0.5, 0.6) is 5.75 Å². The number of phenols is 1. The van der Waals surface area contributed by atoms with Gasteiger partial charge in [0.05, 0.1) is 6.04 Å². The highest BCUT2D eigenvalue weighted by Crippen LogP contribution is 2.12. The number of aliphatic carboxylic acids is 1. The van der Waals surface area contributed by atoms with Crippen molar-refractivity contribution in [2.45, 2.75) is 57.3 Å². The molecule has 194 valence electrons. The number of carboxylic acid groups (broad SMARTS) is 1. The predicted octanol–water partition coefficient (Wildman–Crippen LogP) is -1.35. The summed E-state index contributed by atoms with van der Waals surface area (Å²) in [7, 11) is 0. The lowest BCUT2D eigenvalue weighted by molar-refractivity contribution is -0.142. The third-order valence-corrected chi connectivity index (χ3v) is 5.46. The highest BCUT2D eigenvalue weighted by molar-refractivity contribution is 7.80. The molecule has 1 aromatic rings. The fourth-order valence-electron chi connectivity index (χ4n) is 3.02. The number of carbonyl (C=O) groups excluding carboxylic acids is 4. The Morgan fingerprint density at radius 3 is 2.00 bits per heavy atom. The van der Waals surface area contributed by atoms with Crippen LogP contribution in [0.25, 0.3) is 0 Å². The molecule has 0 saturated carbocycles. The summed E-state index contributed by atoms with van der Waals surface area (Å²) in [5.41, 5.74) is 11.3. The Balaban J connectivity index is 2.84. The van der Waals surface area contributed by atoms with Crippen LogP contribution in [0.1, 0.15) is 32.3 Å². The van der Waals surface area contributed by atoms with Gasteiger partial charge in [-0.2, -0.15) is 12.6 Å². The molecular formula is C22H33N5O7S. The normalized spacial score (nSPS) is 14.3. The number of hydrogen-bond donors (Lipinski definition) is 8. The zero-order chi connectivity index (χ0) is 26.7. The average Bonchev–Trinajstić information content (AvgIpc) is 2.79. The van der Waals surface area contributed by atoms with Crippen LogP contribution < -0.4 is 27.4 Å². The molecule has 1 rings (SSSR count). The van der Waals surface area contributed by atoms with Crippen molar-refractivity contribution in [2.75, 3.05) is 5.75 Å². The van der Waals surface area contributed by atoms with E-state index in [0.717, 1.165) is 0 Å². The van der Waals surface area contributed by atoms with Crippen LogP contribution in [0.3, 0.4) is 0 Å². The van der Waals surface area contributed by atoms with Crippen LogP contribution in [0, 0.1) is 5.92 Å². The number of rotatable bonds is 14. The number of carboxylic acids is 1. The van der Waals surface area contributed by atoms with Crippen LogP contribution in [0.4, 0.5) is 0 Å². The second kappa shape index (κ2) is 14.2. The molecule has 0 radical (unpaired) electrons. The SMILES string of the molecule is CC(C)C(NC(=O)C(CS)NC(=O)C(N)CCC(N)=O)C(=O)NC(Cc1ccc(O)cc1)C(=O)O. The largest absolute Gasteiger partial charge is 0.508 e. The summed E-state index contributed by atoms with van der Waals surface area (Å²) in [6.07, 6.45) is -0.147. The summed E-state index contributed by atoms with van der Waals surface area (Å²) in [4.78, 5) is 60.4. The molecule has 0 spiro atoms. The molecule has 0 aromatic heterocycles. The minimum atomic E-state index is -1.28. The second-order valence-electron chi connectivity index (χ2n) is 8.36. The van der Waals surface area contributed by atoms with E-state index in [4.69, 9.17) is 11.5 Å². The van der Waals surface area contributed by atoms with E-state index in [1.807, 2.05) is 0 Å². The van der Waals surface area contributed by atoms with Crippen LogP contribution in [0.15, 0.2) is 24.3 Å². The van der Waals surface area contributed by atoms with E-state index in [9.17, 15) is 34.2 Å². The first-order valence-corrected chi connectivity index (χ1v) is 11.6. The molecule has 12 nitrogen and oxygen atoms in total. The zero-order valence-corrected chi connectivity index (χ0v) is 20.5. The monoisotopic (exact) mass is 511 g/mol. The molecule has 1 aromatic carbocycles. The van der Waals surface area contributed by atoms with Crippen molar-refractivity contribution in [3.8, 4) is 5.75 Å². The number of phenolic OH excluding ortho intramolecular Hbond substituents is 1. The van der Waals surface area contributed by atoms with Crippen LogP contribution in [-0.2, 0) is 30.4 Å². The van der Waals surface area contributed by atoms with Crippen molar-refractivity contribution in [1.82, 2.24) is 16.0 Å². The Hall–Kier alpha value is -3.32. The molecule has 0 bridgehead atoms. The summed E-state index contributed by atoms with van der Waals surface area (Å²) in [6.45, 7) is 3.32. The van der Waals surface area contributed by atoms with E-state index in [1.54, 1.807) is 13.8 Å². The Morgan fingerprint density at radius 2 is 1.51 bits per heavy atom. The van der Waals surface area contributed by atoms with E-state index < -0.39 is 59.7 Å². The topological polar surface area (TPSA) is 214 Å². The predicted molar refractivity (Wildman–Crippen MR) is 130 cm³/mol. The van der Waals surface area contributed by atoms with Gasteiger partial charge in [-0.05, 0) is 30.0 Å². The Labute approximate surface area is 208 Å². The van der Waals surface area contributed by atoms with Gasteiger partial charge in [-0.15, -0.1) is 0 Å². The fraction of sp³-hybridized carbons (Fsp3) is 0.500. The molecule has 4 amide bonds. The van der Waals surface area contributed by atoms with Crippen molar-refractivity contribution in [1.29, 1.82) is 0 Å². The van der Waals surface area contributed by atoms with Crippen LogP contribution >= 0.6 is 12.6 Å². The number of thiol groups is 1. The van der Waals surface area contributed by atoms with Crippen molar-refractivity contribution in [3.05, 3.63) is 29.8 Å². The lowest BCUT2D eigenvalue weighted by Gasteiger charge is -2.26. The molecule has 4 unspecified atom stereocenters. The van der Waals surface area contributed by atoms with Gasteiger partial charge in [-0.25, -0.2) is 4.79 Å². The molecule has 0 heterocycles. The third-order valence-electron chi connectivity index (χ3n) is 5.09. The molecule has 13 heteroatoms. The highest BCUT2D eigenvalue weighted by Gasteiger charge is 2.31. The summed E-state index contributed by atoms with van der Waals surface area (Å²) >= 11 is 4.07. The second-order valence-corrected chi connectivity index (χ2v) is 8.72. The lowest BCUT2D eigenvalue weighted by atomic mass is 10.0. The number of nitrogens with one attached hydrogen (secondary N) is 3. The van der Waals surface area contributed by atoms with Crippen molar-refractivity contribution in [2.24, 2.45) is 17.4 Å². The number of amides is 4. The lowest BCUT2D eigenvalue weighted by Crippen LogP contribution is -2.59. The number of carbonyl (C=O) groups is 5. The number of primary amides is 1. The molecule has 35 heavy (non-hydrogen) atoms. The summed E-state index contributed by atoms with van der Waals surface area (Å²) in [5, 5.41) is 26.3. The van der Waals surface area contributed by atoms with Gasteiger partial charge in [0, 0.05) is 18.6 Å². The minimum absolute atomic E-state index is 0.00326. The van der Waals surface area contributed by atoms with Crippen LogP contribution in [0.2, 0.25) is 0 Å². The van der Waals surface area contributed by atoms with Gasteiger partial charge in [0.15, 0.2) is 0 Å². The van der Waals surface area contributed by atoms with E-state index >= 15 is 0 Å². The Morgan fingerprint density at radius 1 is 0.943 bits per heavy atom. The van der Waals surface area contributed by atoms with Gasteiger partial charge in [-0.3, -0.25) is 19.2 Å². The standard InChI is InChI=1S/C22H33N5O7S/c1-11(2)18(21(32)25-15(22(33)34)9-12-3-5-13(28)6-4-12)27-20(31)16(10-35)26-19(30)14(23)7-8-17(24)29/h3-6,11,14-16,18,28,35H,7-10,23H2,1-2H3,(H2,24,29)(H,25,32)(H,26,30)(H,27,31)(H,33,34). The summed E-state index contributed by atoms with van der Waals surface area (Å²) in [6, 6.07) is 1.28. The maximum Gasteiger partial charge on any atom is 0.326 e. The van der Waals surface area contributed by atoms with Gasteiger partial charge in [-0.1, -0.05) is 26.0 Å². The van der Waals surface area contributed by atoms with Gasteiger partial charge in [0.1, 0.15) is 23.9 Å². The summed E-state index contributed by atoms with van der Waals surface area (Å²) in [5.74, 6) is -4.52. The van der Waals surface area contributed by atoms with E-state index in [1.165, 1.54) is 24.3 Å². The Kier molecular flexibility index (Phi) is 12.0. The van der Waals surface area contributed by atoms with Crippen LogP contribution in [-0.4, -0.2) is 69.7 Å².